The summed E-state index contributed by atoms with van der Waals surface area (Å²) in [5.41, 5.74) is 0.601. The van der Waals surface area contributed by atoms with Crippen LogP contribution >= 0.6 is 0 Å². The van der Waals surface area contributed by atoms with Crippen LogP contribution in [0.15, 0.2) is 18.3 Å². The van der Waals surface area contributed by atoms with Crippen molar-refractivity contribution in [2.24, 2.45) is 0 Å². The van der Waals surface area contributed by atoms with E-state index in [1.165, 1.54) is 19.3 Å². The maximum absolute atomic E-state index is 12.1. The molecule has 1 fully saturated rings. The van der Waals surface area contributed by atoms with Gasteiger partial charge >= 0.3 is 0 Å². The maximum Gasteiger partial charge on any atom is 0.255 e. The van der Waals surface area contributed by atoms with Gasteiger partial charge in [0.05, 0.1) is 5.56 Å². The summed E-state index contributed by atoms with van der Waals surface area (Å²) < 4.78 is 0. The molecule has 104 valence electrons. The quantitative estimate of drug-likeness (QED) is 0.841. The van der Waals surface area contributed by atoms with Crippen LogP contribution in [0.2, 0.25) is 0 Å². The highest BCUT2D eigenvalue weighted by atomic mass is 16.1. The molecule has 5 nitrogen and oxygen atoms in total. The minimum absolute atomic E-state index is 0.0607. The lowest BCUT2D eigenvalue weighted by Gasteiger charge is -2.26. The summed E-state index contributed by atoms with van der Waals surface area (Å²) in [6, 6.07) is 3.56. The fourth-order valence-corrected chi connectivity index (χ4v) is 2.39. The zero-order valence-corrected chi connectivity index (χ0v) is 11.5. The number of nitrogens with zero attached hydrogens (tertiary/aromatic N) is 2. The van der Waals surface area contributed by atoms with Gasteiger partial charge in [0.1, 0.15) is 5.82 Å². The minimum atomic E-state index is -0.0607. The van der Waals surface area contributed by atoms with Crippen LogP contribution in [0.3, 0.4) is 0 Å². The molecule has 1 aliphatic heterocycles. The molecule has 0 bridgehead atoms. The van der Waals surface area contributed by atoms with Crippen LogP contribution in [0.1, 0.15) is 29.6 Å². The van der Waals surface area contributed by atoms with Crippen molar-refractivity contribution in [2.45, 2.75) is 19.3 Å². The van der Waals surface area contributed by atoms with Crippen molar-refractivity contribution >= 4 is 11.7 Å². The molecule has 0 aliphatic carbocycles. The number of hydrogen-bond donors (Lipinski definition) is 2. The van der Waals surface area contributed by atoms with Crippen molar-refractivity contribution in [1.82, 2.24) is 15.2 Å². The molecule has 2 rings (SSSR count). The molecular formula is C14H22N4O. The number of anilines is 1. The van der Waals surface area contributed by atoms with Crippen molar-refractivity contribution < 1.29 is 4.79 Å². The third-order valence-corrected chi connectivity index (χ3v) is 3.45. The molecule has 0 saturated carbocycles. The van der Waals surface area contributed by atoms with E-state index < -0.39 is 0 Å². The topological polar surface area (TPSA) is 57.3 Å². The maximum atomic E-state index is 12.1. The summed E-state index contributed by atoms with van der Waals surface area (Å²) in [5, 5.41) is 5.89. The molecule has 5 heteroatoms. The monoisotopic (exact) mass is 262 g/mol. The van der Waals surface area contributed by atoms with Crippen LogP contribution in [-0.4, -0.2) is 49.0 Å². The first-order valence-corrected chi connectivity index (χ1v) is 6.94. The number of carbonyl (C=O) groups excluding carboxylic acids is 1. The van der Waals surface area contributed by atoms with E-state index >= 15 is 0 Å². The third-order valence-electron chi connectivity index (χ3n) is 3.45. The van der Waals surface area contributed by atoms with Gasteiger partial charge in [-0.05, 0) is 38.1 Å². The molecule has 0 unspecified atom stereocenters. The number of carbonyl (C=O) groups is 1. The fourth-order valence-electron chi connectivity index (χ4n) is 2.39. The zero-order valence-electron chi connectivity index (χ0n) is 11.5. The number of piperidine rings is 1. The van der Waals surface area contributed by atoms with Gasteiger partial charge in [0, 0.05) is 26.3 Å². The standard InChI is InChI=1S/C14H22N4O/c1-15-13-12(6-5-7-16-13)14(19)17-8-11-18-9-3-2-4-10-18/h5-7H,2-4,8-11H2,1H3,(H,15,16)(H,17,19). The molecule has 0 radical (unpaired) electrons. The smallest absolute Gasteiger partial charge is 0.255 e. The van der Waals surface area contributed by atoms with Gasteiger partial charge in [0.2, 0.25) is 0 Å². The van der Waals surface area contributed by atoms with Crippen molar-refractivity contribution in [1.29, 1.82) is 0 Å². The number of amides is 1. The largest absolute Gasteiger partial charge is 0.372 e. The summed E-state index contributed by atoms with van der Waals surface area (Å²) in [5.74, 6) is 0.562. The Morgan fingerprint density at radius 2 is 2.16 bits per heavy atom. The number of pyridine rings is 1. The minimum Gasteiger partial charge on any atom is -0.372 e. The highest BCUT2D eigenvalue weighted by Crippen LogP contribution is 2.10. The van der Waals surface area contributed by atoms with Crippen LogP contribution in [0.25, 0.3) is 0 Å². The van der Waals surface area contributed by atoms with Gasteiger partial charge in [0.15, 0.2) is 0 Å². The molecule has 2 heterocycles. The lowest BCUT2D eigenvalue weighted by Crippen LogP contribution is -2.37. The molecule has 0 atom stereocenters. The summed E-state index contributed by atoms with van der Waals surface area (Å²) in [4.78, 5) is 18.6. The van der Waals surface area contributed by atoms with E-state index in [1.807, 2.05) is 0 Å². The Kier molecular flexibility index (Phi) is 5.15. The predicted molar refractivity (Wildman–Crippen MR) is 76.4 cm³/mol. The van der Waals surface area contributed by atoms with E-state index in [-0.39, 0.29) is 5.91 Å². The molecule has 1 aromatic rings. The van der Waals surface area contributed by atoms with Gasteiger partial charge in [0.25, 0.3) is 5.91 Å². The number of nitrogens with one attached hydrogen (secondary N) is 2. The number of likely N-dealkylation sites (tertiary alicyclic amines) is 1. The zero-order chi connectivity index (χ0) is 13.5. The van der Waals surface area contributed by atoms with E-state index in [2.05, 4.69) is 20.5 Å². The highest BCUT2D eigenvalue weighted by Gasteiger charge is 2.12. The lowest BCUT2D eigenvalue weighted by atomic mass is 10.1. The van der Waals surface area contributed by atoms with Gasteiger partial charge in [-0.2, -0.15) is 0 Å². The molecule has 0 aromatic carbocycles. The fraction of sp³-hybridized carbons (Fsp3) is 0.571. The average molecular weight is 262 g/mol. The van der Waals surface area contributed by atoms with Crippen molar-refractivity contribution in [3.05, 3.63) is 23.9 Å². The van der Waals surface area contributed by atoms with E-state index in [0.29, 0.717) is 17.9 Å². The predicted octanol–water partition coefficient (Wildman–Crippen LogP) is 1.34. The summed E-state index contributed by atoms with van der Waals surface area (Å²) >= 11 is 0. The first-order valence-electron chi connectivity index (χ1n) is 6.94. The first kappa shape index (κ1) is 13.8. The third kappa shape index (κ3) is 3.92. The van der Waals surface area contributed by atoms with Gasteiger partial charge in [-0.15, -0.1) is 0 Å². The molecule has 0 spiro atoms. The normalized spacial score (nSPS) is 16.1. The van der Waals surface area contributed by atoms with Crippen LogP contribution in [0, 0.1) is 0 Å². The molecule has 1 aliphatic rings. The van der Waals surface area contributed by atoms with Crippen molar-refractivity contribution in [3.8, 4) is 0 Å². The second kappa shape index (κ2) is 7.09. The summed E-state index contributed by atoms with van der Waals surface area (Å²) in [6.45, 7) is 3.94. The van der Waals surface area contributed by atoms with Crippen molar-refractivity contribution in [2.75, 3.05) is 38.5 Å². The van der Waals surface area contributed by atoms with E-state index in [1.54, 1.807) is 25.4 Å². The molecule has 19 heavy (non-hydrogen) atoms. The SMILES string of the molecule is CNc1ncccc1C(=O)NCCN1CCCCC1. The first-order chi connectivity index (χ1) is 9.31. The summed E-state index contributed by atoms with van der Waals surface area (Å²) in [6.07, 6.45) is 5.57. The second-order valence-corrected chi connectivity index (χ2v) is 4.81. The van der Waals surface area contributed by atoms with Gasteiger partial charge in [-0.25, -0.2) is 4.98 Å². The number of hydrogen-bond acceptors (Lipinski definition) is 4. The Morgan fingerprint density at radius 3 is 2.89 bits per heavy atom. The van der Waals surface area contributed by atoms with Gasteiger partial charge in [-0.3, -0.25) is 4.79 Å². The van der Waals surface area contributed by atoms with Crippen LogP contribution in [0.5, 0.6) is 0 Å². The van der Waals surface area contributed by atoms with Gasteiger partial charge < -0.3 is 15.5 Å². The lowest BCUT2D eigenvalue weighted by molar-refractivity contribution is 0.0947. The number of rotatable bonds is 5. The van der Waals surface area contributed by atoms with Crippen LogP contribution in [-0.2, 0) is 0 Å². The molecular weight excluding hydrogens is 240 g/mol. The van der Waals surface area contributed by atoms with Crippen LogP contribution in [0.4, 0.5) is 5.82 Å². The Labute approximate surface area is 114 Å². The molecule has 1 saturated heterocycles. The number of aromatic nitrogens is 1. The second-order valence-electron chi connectivity index (χ2n) is 4.81. The molecule has 2 N–H and O–H groups in total. The molecule has 1 amide bonds. The highest BCUT2D eigenvalue weighted by molar-refractivity contribution is 5.98. The van der Waals surface area contributed by atoms with Gasteiger partial charge in [-0.1, -0.05) is 6.42 Å². The Bertz CT molecular complexity index is 416. The summed E-state index contributed by atoms with van der Waals surface area (Å²) in [7, 11) is 1.77. The molecule has 1 aromatic heterocycles. The average Bonchev–Trinajstić information content (AvgIpc) is 2.48. The van der Waals surface area contributed by atoms with Crippen LogP contribution < -0.4 is 10.6 Å². The Morgan fingerprint density at radius 1 is 1.37 bits per heavy atom. The Balaban J connectivity index is 1.80. The van der Waals surface area contributed by atoms with E-state index in [9.17, 15) is 4.79 Å². The Hall–Kier alpha value is -1.62. The van der Waals surface area contributed by atoms with Crippen molar-refractivity contribution in [3.63, 3.8) is 0 Å². The van der Waals surface area contributed by atoms with E-state index in [0.717, 1.165) is 19.6 Å². The van der Waals surface area contributed by atoms with E-state index in [4.69, 9.17) is 0 Å².